The third-order valence-electron chi connectivity index (χ3n) is 3.41. The van der Waals surface area contributed by atoms with Crippen LogP contribution in [0.25, 0.3) is 0 Å². The quantitative estimate of drug-likeness (QED) is 0.170. The van der Waals surface area contributed by atoms with Gasteiger partial charge in [0.1, 0.15) is 0 Å². The van der Waals surface area contributed by atoms with Gasteiger partial charge in [-0.15, -0.1) is 0 Å². The molecule has 0 saturated carbocycles. The van der Waals surface area contributed by atoms with E-state index < -0.39 is 25.0 Å². The van der Waals surface area contributed by atoms with Crippen molar-refractivity contribution >= 4 is 20.5 Å². The number of aromatic hydroxyl groups is 1. The molecule has 126 valence electrons. The van der Waals surface area contributed by atoms with Crippen LogP contribution in [0.4, 0.5) is 11.4 Å². The molecule has 0 aliphatic rings. The van der Waals surface area contributed by atoms with Crippen LogP contribution in [-0.4, -0.2) is 11.1 Å². The number of hydrazone groups is 1. The maximum absolute atomic E-state index is 9.91. The minimum atomic E-state index is -2.09. The number of hydrogen-bond acceptors (Lipinski definition) is 5. The Kier molecular flexibility index (Phi) is 6.72. The fourth-order valence-corrected chi connectivity index (χ4v) is 5.60. The van der Waals surface area contributed by atoms with Gasteiger partial charge in [0.2, 0.25) is 0 Å². The summed E-state index contributed by atoms with van der Waals surface area (Å²) in [7, 11) is 0. The van der Waals surface area contributed by atoms with Gasteiger partial charge in [0.05, 0.1) is 0 Å². The average molecular weight is 533 g/mol. The Morgan fingerprint density at radius 3 is 2.23 bits per heavy atom. The van der Waals surface area contributed by atoms with Crippen molar-refractivity contribution in [1.82, 2.24) is 0 Å². The van der Waals surface area contributed by atoms with E-state index in [1.54, 1.807) is 12.1 Å². The Morgan fingerprint density at radius 1 is 0.846 bits per heavy atom. The number of phenols is 1. The number of nitrogens with zero attached hydrogens (tertiary/aromatic N) is 3. The summed E-state index contributed by atoms with van der Waals surface area (Å²) in [5.74, 6) is 0.254. The second kappa shape index (κ2) is 9.67. The number of anilines is 1. The molecule has 0 spiro atoms. The molecule has 0 saturated heterocycles. The van der Waals surface area contributed by atoms with Crippen LogP contribution in [0.3, 0.4) is 0 Å². The average Bonchev–Trinajstić information content (AvgIpc) is 2.70. The second-order valence-corrected chi connectivity index (χ2v) is 10.5. The topological polar surface area (TPSA) is 78.6 Å². The van der Waals surface area contributed by atoms with Crippen molar-refractivity contribution in [3.8, 4) is 5.75 Å². The normalized spacial score (nSPS) is 11.2. The van der Waals surface area contributed by atoms with Gasteiger partial charge >= 0.3 is 165 Å². The van der Waals surface area contributed by atoms with Crippen molar-refractivity contribution < 1.29 is 32.8 Å². The van der Waals surface area contributed by atoms with Crippen LogP contribution >= 0.6 is 0 Å². The van der Waals surface area contributed by atoms with Crippen LogP contribution < -0.4 is 8.50 Å². The molecule has 0 aliphatic heterocycles. The summed E-state index contributed by atoms with van der Waals surface area (Å²) in [6.07, 6.45) is 0. The minimum absolute atomic E-state index is 0.155. The first-order valence-corrected chi connectivity index (χ1v) is 13.1. The van der Waals surface area contributed by atoms with Crippen LogP contribution in [-0.2, 0) is 27.7 Å². The summed E-state index contributed by atoms with van der Waals surface area (Å²) in [6.45, 7) is 0. The van der Waals surface area contributed by atoms with E-state index in [4.69, 9.17) is 2.64 Å². The predicted octanol–water partition coefficient (Wildman–Crippen LogP) is 4.20. The Hall–Kier alpha value is -2.73. The number of benzene rings is 3. The van der Waals surface area contributed by atoms with Crippen LogP contribution in [0.2, 0.25) is 0 Å². The Morgan fingerprint density at radius 2 is 1.50 bits per heavy atom. The molecule has 0 amide bonds. The molecule has 0 fully saturated rings. The van der Waals surface area contributed by atoms with Crippen molar-refractivity contribution in [2.45, 2.75) is 0 Å². The zero-order chi connectivity index (χ0) is 18.0. The fourth-order valence-electron chi connectivity index (χ4n) is 2.08. The van der Waals surface area contributed by atoms with Crippen molar-refractivity contribution in [1.29, 1.82) is 0 Å². The Balaban J connectivity index is 1.74. The molecule has 7 heteroatoms. The van der Waals surface area contributed by atoms with Gasteiger partial charge in [-0.3, -0.25) is 0 Å². The summed E-state index contributed by atoms with van der Waals surface area (Å²) < 4.78 is 6.70. The molecular formula is C19H16HgN4O2. The van der Waals surface area contributed by atoms with Gasteiger partial charge in [0.15, 0.2) is 0 Å². The van der Waals surface area contributed by atoms with E-state index in [9.17, 15) is 5.11 Å². The molecule has 0 radical (unpaired) electrons. The van der Waals surface area contributed by atoms with Crippen molar-refractivity contribution in [2.24, 2.45) is 15.3 Å². The molecule has 3 rings (SSSR count). The molecular weight excluding hydrogens is 517 g/mol. The molecule has 0 bridgehead atoms. The number of nitrogens with one attached hydrogen (secondary N) is 1. The van der Waals surface area contributed by atoms with Gasteiger partial charge in [-0.2, -0.15) is 0 Å². The van der Waals surface area contributed by atoms with Gasteiger partial charge < -0.3 is 0 Å². The first-order chi connectivity index (χ1) is 12.8. The SMILES string of the molecule is Oc1cccc[c]1[Hg][O]/C(N=Nc1ccccc1)=N\Nc1ccccc1. The van der Waals surface area contributed by atoms with E-state index in [1.165, 1.54) is 0 Å². The van der Waals surface area contributed by atoms with Crippen molar-refractivity contribution in [3.63, 3.8) is 0 Å². The van der Waals surface area contributed by atoms with Crippen LogP contribution in [0.5, 0.6) is 5.75 Å². The summed E-state index contributed by atoms with van der Waals surface area (Å²) in [5.41, 5.74) is 4.45. The molecule has 3 aromatic carbocycles. The predicted molar refractivity (Wildman–Crippen MR) is 97.3 cm³/mol. The molecule has 3 aromatic rings. The zero-order valence-corrected chi connectivity index (χ0v) is 19.5. The number of rotatable bonds is 5. The van der Waals surface area contributed by atoms with Gasteiger partial charge in [-0.25, -0.2) is 0 Å². The number of para-hydroxylation sites is 2. The number of phenolic OH excluding ortho intramolecular Hbond substituents is 1. The van der Waals surface area contributed by atoms with Gasteiger partial charge in [0.25, 0.3) is 0 Å². The third kappa shape index (κ3) is 5.66. The van der Waals surface area contributed by atoms with E-state index in [1.807, 2.05) is 72.8 Å². The summed E-state index contributed by atoms with van der Waals surface area (Å²) in [4.78, 5) is 0. The van der Waals surface area contributed by atoms with E-state index in [2.05, 4.69) is 20.8 Å². The van der Waals surface area contributed by atoms with Crippen molar-refractivity contribution in [3.05, 3.63) is 84.9 Å². The fraction of sp³-hybridized carbons (Fsp3) is 0. The van der Waals surface area contributed by atoms with E-state index in [-0.39, 0.29) is 11.8 Å². The summed E-state index contributed by atoms with van der Waals surface area (Å²) in [5, 5.41) is 22.4. The number of azo groups is 1. The standard InChI is InChI=1S/C13H12N4O.C6H5O.Hg/c18-13(16-14-11-7-3-1-4-8-11)17-15-12-9-5-2-6-10-12;7-6-4-2-1-3-5-6;/h1-10,14H,(H,16,18);1-4,7H;/q;;+1/p-1. The molecule has 0 atom stereocenters. The van der Waals surface area contributed by atoms with E-state index in [0.29, 0.717) is 5.69 Å². The summed E-state index contributed by atoms with van der Waals surface area (Å²) in [6, 6.07) is 26.2. The van der Waals surface area contributed by atoms with Crippen LogP contribution in [0, 0.1) is 0 Å². The molecule has 0 aliphatic carbocycles. The van der Waals surface area contributed by atoms with Crippen LogP contribution in [0.15, 0.2) is 100 Å². The first-order valence-electron chi connectivity index (χ1n) is 8.06. The Bertz CT molecular complexity index is 886. The van der Waals surface area contributed by atoms with Crippen LogP contribution in [0.1, 0.15) is 0 Å². The molecule has 0 heterocycles. The van der Waals surface area contributed by atoms with E-state index >= 15 is 0 Å². The molecule has 6 nitrogen and oxygen atoms in total. The zero-order valence-electron chi connectivity index (χ0n) is 14.0. The first kappa shape index (κ1) is 18.1. The monoisotopic (exact) mass is 534 g/mol. The molecule has 26 heavy (non-hydrogen) atoms. The molecule has 0 aromatic heterocycles. The summed E-state index contributed by atoms with van der Waals surface area (Å²) >= 11 is -2.09. The third-order valence-corrected chi connectivity index (χ3v) is 8.51. The Labute approximate surface area is 164 Å². The van der Waals surface area contributed by atoms with Crippen molar-refractivity contribution in [2.75, 3.05) is 5.43 Å². The van der Waals surface area contributed by atoms with Gasteiger partial charge in [0, 0.05) is 0 Å². The van der Waals surface area contributed by atoms with Gasteiger partial charge in [-0.05, 0) is 0 Å². The van der Waals surface area contributed by atoms with E-state index in [0.717, 1.165) is 8.76 Å². The number of amidine groups is 1. The molecule has 0 unspecified atom stereocenters. The number of hydrogen-bond donors (Lipinski definition) is 2. The maximum atomic E-state index is 9.91. The van der Waals surface area contributed by atoms with Gasteiger partial charge in [-0.1, -0.05) is 0 Å². The second-order valence-electron chi connectivity index (χ2n) is 5.33. The molecule has 2 N–H and O–H groups in total.